The molecule has 2 unspecified atom stereocenters. The first-order chi connectivity index (χ1) is 12.2. The van der Waals surface area contributed by atoms with Gasteiger partial charge in [0, 0.05) is 45.5 Å². The molecule has 0 radical (unpaired) electrons. The summed E-state index contributed by atoms with van der Waals surface area (Å²) in [6.07, 6.45) is 2.94. The minimum absolute atomic E-state index is 0.413. The molecule has 0 saturated carbocycles. The van der Waals surface area contributed by atoms with Crippen molar-refractivity contribution in [3.63, 3.8) is 0 Å². The van der Waals surface area contributed by atoms with Crippen LogP contribution in [0.15, 0.2) is 47.6 Å². The summed E-state index contributed by atoms with van der Waals surface area (Å²) in [5, 5.41) is 11.1. The number of hydrogen-bond donors (Lipinski definition) is 2. The average molecular weight is 340 g/mol. The first-order valence-electron chi connectivity index (χ1n) is 8.87. The van der Waals surface area contributed by atoms with Gasteiger partial charge in [-0.05, 0) is 25.0 Å². The van der Waals surface area contributed by atoms with E-state index in [4.69, 9.17) is 0 Å². The van der Waals surface area contributed by atoms with Gasteiger partial charge in [0.1, 0.15) is 0 Å². The molecule has 0 bridgehead atoms. The molecule has 1 saturated heterocycles. The van der Waals surface area contributed by atoms with Gasteiger partial charge in [-0.25, -0.2) is 0 Å². The maximum Gasteiger partial charge on any atom is 0.191 e. The summed E-state index contributed by atoms with van der Waals surface area (Å²) in [6.45, 7) is 5.05. The summed E-state index contributed by atoms with van der Waals surface area (Å²) in [7, 11) is 3.77. The maximum absolute atomic E-state index is 4.36. The van der Waals surface area contributed by atoms with E-state index in [0.717, 1.165) is 31.2 Å². The summed E-state index contributed by atoms with van der Waals surface area (Å²) in [4.78, 5) is 6.89. The molecule has 134 valence electrons. The highest BCUT2D eigenvalue weighted by molar-refractivity contribution is 5.80. The van der Waals surface area contributed by atoms with Crippen LogP contribution in [0.2, 0.25) is 0 Å². The van der Waals surface area contributed by atoms with Crippen LogP contribution in [-0.4, -0.2) is 46.3 Å². The number of rotatable bonds is 5. The predicted molar refractivity (Wildman–Crippen MR) is 101 cm³/mol. The fourth-order valence-corrected chi connectivity index (χ4v) is 3.38. The Labute approximate surface area is 149 Å². The molecule has 1 aromatic heterocycles. The number of benzene rings is 1. The van der Waals surface area contributed by atoms with E-state index in [1.54, 1.807) is 0 Å². The molecule has 2 aromatic rings. The van der Waals surface area contributed by atoms with Gasteiger partial charge in [0.2, 0.25) is 0 Å². The highest BCUT2D eigenvalue weighted by Gasteiger charge is 2.29. The molecule has 2 atom stereocenters. The van der Waals surface area contributed by atoms with Crippen molar-refractivity contribution < 1.29 is 0 Å². The van der Waals surface area contributed by atoms with E-state index < -0.39 is 0 Å². The number of hydrogen-bond acceptors (Lipinski definition) is 3. The number of nitrogens with zero attached hydrogens (tertiary/aromatic N) is 4. The van der Waals surface area contributed by atoms with Crippen molar-refractivity contribution in [1.29, 1.82) is 0 Å². The van der Waals surface area contributed by atoms with Crippen LogP contribution < -0.4 is 10.6 Å². The number of guanidine groups is 1. The van der Waals surface area contributed by atoms with E-state index in [2.05, 4.69) is 62.9 Å². The zero-order valence-corrected chi connectivity index (χ0v) is 15.3. The van der Waals surface area contributed by atoms with E-state index in [9.17, 15) is 0 Å². The zero-order valence-electron chi connectivity index (χ0n) is 15.3. The smallest absolute Gasteiger partial charge is 0.191 e. The molecule has 6 heteroatoms. The van der Waals surface area contributed by atoms with Crippen molar-refractivity contribution in [2.24, 2.45) is 12.0 Å². The van der Waals surface area contributed by atoms with Crippen LogP contribution >= 0.6 is 0 Å². The van der Waals surface area contributed by atoms with Crippen molar-refractivity contribution in [3.05, 3.63) is 53.9 Å². The van der Waals surface area contributed by atoms with E-state index in [-0.39, 0.29) is 0 Å². The standard InChI is InChI=1S/C19H28N6/c1-15-11-17(14-25(15)13-16-7-5-4-6-8-16)23-19(20-2)21-12-18-9-10-22-24(18)3/h4-10,15,17H,11-14H2,1-3H3,(H2,20,21,23). The quantitative estimate of drug-likeness (QED) is 0.643. The zero-order chi connectivity index (χ0) is 17.6. The van der Waals surface area contributed by atoms with Gasteiger partial charge in [-0.1, -0.05) is 30.3 Å². The Hall–Kier alpha value is -2.34. The fourth-order valence-electron chi connectivity index (χ4n) is 3.38. The second-order valence-corrected chi connectivity index (χ2v) is 6.71. The molecule has 0 spiro atoms. The van der Waals surface area contributed by atoms with Gasteiger partial charge in [-0.2, -0.15) is 5.10 Å². The SMILES string of the molecule is CN=C(NCc1ccnn1C)NC1CC(C)N(Cc2ccccc2)C1. The molecule has 2 N–H and O–H groups in total. The molecular weight excluding hydrogens is 312 g/mol. The molecule has 1 fully saturated rings. The summed E-state index contributed by atoms with van der Waals surface area (Å²) >= 11 is 0. The lowest BCUT2D eigenvalue weighted by Gasteiger charge is -2.21. The van der Waals surface area contributed by atoms with Crippen LogP contribution in [0, 0.1) is 0 Å². The van der Waals surface area contributed by atoms with Crippen LogP contribution in [-0.2, 0) is 20.1 Å². The lowest BCUT2D eigenvalue weighted by Crippen LogP contribution is -2.44. The Kier molecular flexibility index (Phi) is 5.71. The number of nitrogens with one attached hydrogen (secondary N) is 2. The second kappa shape index (κ2) is 8.16. The molecule has 0 amide bonds. The van der Waals surface area contributed by atoms with Crippen LogP contribution in [0.3, 0.4) is 0 Å². The molecule has 0 aliphatic carbocycles. The summed E-state index contributed by atoms with van der Waals surface area (Å²) in [5.74, 6) is 0.847. The third kappa shape index (κ3) is 4.60. The second-order valence-electron chi connectivity index (χ2n) is 6.71. The van der Waals surface area contributed by atoms with Gasteiger partial charge in [0.15, 0.2) is 5.96 Å². The number of aromatic nitrogens is 2. The summed E-state index contributed by atoms with van der Waals surface area (Å²) in [5.41, 5.74) is 2.50. The Balaban J connectivity index is 1.51. The van der Waals surface area contributed by atoms with Gasteiger partial charge in [0.05, 0.1) is 12.2 Å². The van der Waals surface area contributed by atoms with Crippen LogP contribution in [0.25, 0.3) is 0 Å². The van der Waals surface area contributed by atoms with Crippen LogP contribution in [0.1, 0.15) is 24.6 Å². The summed E-state index contributed by atoms with van der Waals surface area (Å²) < 4.78 is 1.87. The molecule has 6 nitrogen and oxygen atoms in total. The molecule has 3 rings (SSSR count). The van der Waals surface area contributed by atoms with Crippen molar-refractivity contribution in [3.8, 4) is 0 Å². The van der Waals surface area contributed by atoms with Crippen molar-refractivity contribution in [2.75, 3.05) is 13.6 Å². The lowest BCUT2D eigenvalue weighted by molar-refractivity contribution is 0.258. The monoisotopic (exact) mass is 340 g/mol. The average Bonchev–Trinajstić information content (AvgIpc) is 3.18. The van der Waals surface area contributed by atoms with Crippen molar-refractivity contribution in [2.45, 2.75) is 38.5 Å². The van der Waals surface area contributed by atoms with Gasteiger partial charge < -0.3 is 10.6 Å². The van der Waals surface area contributed by atoms with Gasteiger partial charge in [-0.3, -0.25) is 14.6 Å². The Bertz CT molecular complexity index is 693. The molecule has 2 heterocycles. The van der Waals surface area contributed by atoms with Gasteiger partial charge in [0.25, 0.3) is 0 Å². The third-order valence-electron chi connectivity index (χ3n) is 4.86. The molecule has 1 aromatic carbocycles. The van der Waals surface area contributed by atoms with Crippen LogP contribution in [0.4, 0.5) is 0 Å². The molecule has 25 heavy (non-hydrogen) atoms. The van der Waals surface area contributed by atoms with E-state index >= 15 is 0 Å². The normalized spacial score (nSPS) is 21.5. The first-order valence-corrected chi connectivity index (χ1v) is 8.87. The van der Waals surface area contributed by atoms with Crippen molar-refractivity contribution in [1.82, 2.24) is 25.3 Å². The highest BCUT2D eigenvalue weighted by Crippen LogP contribution is 2.20. The molecular formula is C19H28N6. The topological polar surface area (TPSA) is 57.5 Å². The van der Waals surface area contributed by atoms with E-state index in [1.807, 2.05) is 31.0 Å². The van der Waals surface area contributed by atoms with E-state index in [0.29, 0.717) is 18.6 Å². The Morgan fingerprint density at radius 3 is 2.76 bits per heavy atom. The minimum Gasteiger partial charge on any atom is -0.352 e. The highest BCUT2D eigenvalue weighted by atomic mass is 15.3. The lowest BCUT2D eigenvalue weighted by atomic mass is 10.2. The maximum atomic E-state index is 4.36. The fraction of sp³-hybridized carbons (Fsp3) is 0.474. The number of aliphatic imine (C=N–C) groups is 1. The predicted octanol–water partition coefficient (Wildman–Crippen LogP) is 1.75. The third-order valence-corrected chi connectivity index (χ3v) is 4.86. The largest absolute Gasteiger partial charge is 0.352 e. The number of likely N-dealkylation sites (tertiary alicyclic amines) is 1. The minimum atomic E-state index is 0.413. The Morgan fingerprint density at radius 2 is 2.08 bits per heavy atom. The summed E-state index contributed by atoms with van der Waals surface area (Å²) in [6, 6.07) is 13.7. The van der Waals surface area contributed by atoms with Crippen LogP contribution in [0.5, 0.6) is 0 Å². The first kappa shape index (κ1) is 17.5. The number of aryl methyl sites for hydroxylation is 1. The van der Waals surface area contributed by atoms with Gasteiger partial charge in [-0.15, -0.1) is 0 Å². The Morgan fingerprint density at radius 1 is 1.28 bits per heavy atom. The molecule has 1 aliphatic rings. The van der Waals surface area contributed by atoms with Crippen molar-refractivity contribution >= 4 is 5.96 Å². The van der Waals surface area contributed by atoms with E-state index in [1.165, 1.54) is 5.56 Å². The molecule has 1 aliphatic heterocycles. The van der Waals surface area contributed by atoms with Gasteiger partial charge >= 0.3 is 0 Å².